The average Bonchev–Trinajstić information content (AvgIpc) is 2.28. The zero-order valence-electron chi connectivity index (χ0n) is 10.5. The Labute approximate surface area is 93.1 Å². The summed E-state index contributed by atoms with van der Waals surface area (Å²) in [4.78, 5) is 11.8. The van der Waals surface area contributed by atoms with E-state index in [9.17, 15) is 4.79 Å². The maximum atomic E-state index is 11.8. The number of esters is 1. The van der Waals surface area contributed by atoms with E-state index in [-0.39, 0.29) is 5.97 Å². The molecule has 0 aromatic rings. The van der Waals surface area contributed by atoms with E-state index in [0.717, 1.165) is 12.8 Å². The maximum Gasteiger partial charge on any atom is 0.338 e. The van der Waals surface area contributed by atoms with Gasteiger partial charge in [-0.2, -0.15) is 0 Å². The summed E-state index contributed by atoms with van der Waals surface area (Å²) < 4.78 is 10.8. The van der Waals surface area contributed by atoms with Gasteiger partial charge in [-0.05, 0) is 25.7 Å². The van der Waals surface area contributed by atoms with Gasteiger partial charge in [-0.1, -0.05) is 27.7 Å². The van der Waals surface area contributed by atoms with Gasteiger partial charge in [-0.15, -0.1) is 0 Å². The highest BCUT2D eigenvalue weighted by molar-refractivity contribution is 5.79. The number of ether oxygens (including phenoxy) is 2. The van der Waals surface area contributed by atoms with Gasteiger partial charge in [0.15, 0.2) is 5.60 Å². The fraction of sp³-hybridized carbons (Fsp3) is 0.917. The van der Waals surface area contributed by atoms with Crippen LogP contribution in [-0.4, -0.2) is 24.8 Å². The van der Waals surface area contributed by atoms with Crippen molar-refractivity contribution in [2.24, 2.45) is 0 Å². The highest BCUT2D eigenvalue weighted by Crippen LogP contribution is 2.22. The van der Waals surface area contributed by atoms with Gasteiger partial charge in [0.1, 0.15) is 0 Å². The lowest BCUT2D eigenvalue weighted by Gasteiger charge is -2.29. The standard InChI is InChI=1S/C12H24O3/c1-5-9-14-11(13)12(7-3,8-4)15-10-6-2/h5-10H2,1-4H3. The topological polar surface area (TPSA) is 35.5 Å². The molecule has 0 unspecified atom stereocenters. The van der Waals surface area contributed by atoms with E-state index >= 15 is 0 Å². The van der Waals surface area contributed by atoms with Crippen molar-refractivity contribution in [3.05, 3.63) is 0 Å². The Morgan fingerprint density at radius 2 is 1.53 bits per heavy atom. The van der Waals surface area contributed by atoms with Gasteiger partial charge < -0.3 is 9.47 Å². The molecule has 0 amide bonds. The van der Waals surface area contributed by atoms with Gasteiger partial charge in [0, 0.05) is 6.61 Å². The molecule has 0 aliphatic carbocycles. The molecule has 0 aliphatic heterocycles. The van der Waals surface area contributed by atoms with E-state index in [1.54, 1.807) is 0 Å². The molecule has 15 heavy (non-hydrogen) atoms. The molecule has 3 nitrogen and oxygen atoms in total. The minimum absolute atomic E-state index is 0.206. The zero-order valence-corrected chi connectivity index (χ0v) is 10.5. The van der Waals surface area contributed by atoms with Crippen molar-refractivity contribution in [3.63, 3.8) is 0 Å². The largest absolute Gasteiger partial charge is 0.464 e. The molecule has 0 saturated carbocycles. The molecule has 90 valence electrons. The summed E-state index contributed by atoms with van der Waals surface area (Å²) in [7, 11) is 0. The van der Waals surface area contributed by atoms with Crippen molar-refractivity contribution in [2.45, 2.75) is 59.0 Å². The van der Waals surface area contributed by atoms with Crippen LogP contribution < -0.4 is 0 Å². The predicted octanol–water partition coefficient (Wildman–Crippen LogP) is 2.93. The van der Waals surface area contributed by atoms with E-state index < -0.39 is 5.60 Å². The Balaban J connectivity index is 4.38. The predicted molar refractivity (Wildman–Crippen MR) is 60.8 cm³/mol. The zero-order chi connectivity index (χ0) is 11.7. The molecular weight excluding hydrogens is 192 g/mol. The summed E-state index contributed by atoms with van der Waals surface area (Å²) in [5, 5.41) is 0. The molecular formula is C12H24O3. The SMILES string of the molecule is CCCOC(=O)C(CC)(CC)OCCC. The summed E-state index contributed by atoms with van der Waals surface area (Å²) in [5.74, 6) is -0.206. The maximum absolute atomic E-state index is 11.8. The van der Waals surface area contributed by atoms with Crippen molar-refractivity contribution >= 4 is 5.97 Å². The number of carbonyl (C=O) groups is 1. The average molecular weight is 216 g/mol. The van der Waals surface area contributed by atoms with E-state index in [2.05, 4.69) is 0 Å². The molecule has 0 saturated heterocycles. The molecule has 0 bridgehead atoms. The van der Waals surface area contributed by atoms with Gasteiger partial charge >= 0.3 is 5.97 Å². The molecule has 0 N–H and O–H groups in total. The third-order valence-corrected chi connectivity index (χ3v) is 2.53. The van der Waals surface area contributed by atoms with Gasteiger partial charge in [-0.3, -0.25) is 0 Å². The molecule has 0 aliphatic rings. The van der Waals surface area contributed by atoms with Gasteiger partial charge in [0.05, 0.1) is 6.61 Å². The minimum atomic E-state index is -0.717. The lowest BCUT2D eigenvalue weighted by molar-refractivity contribution is -0.174. The van der Waals surface area contributed by atoms with Crippen LogP contribution in [0.1, 0.15) is 53.4 Å². The molecule has 0 spiro atoms. The van der Waals surface area contributed by atoms with Crippen molar-refractivity contribution < 1.29 is 14.3 Å². The third-order valence-electron chi connectivity index (χ3n) is 2.53. The quantitative estimate of drug-likeness (QED) is 0.585. The monoisotopic (exact) mass is 216 g/mol. The van der Waals surface area contributed by atoms with Crippen LogP contribution in [0.4, 0.5) is 0 Å². The summed E-state index contributed by atoms with van der Waals surface area (Å²) in [6.45, 7) is 9.05. The molecule has 0 aromatic carbocycles. The van der Waals surface area contributed by atoms with Crippen LogP contribution in [0.2, 0.25) is 0 Å². The van der Waals surface area contributed by atoms with Gasteiger partial charge in [-0.25, -0.2) is 4.79 Å². The van der Waals surface area contributed by atoms with Gasteiger partial charge in [0.2, 0.25) is 0 Å². The first-order chi connectivity index (χ1) is 7.16. The van der Waals surface area contributed by atoms with Crippen LogP contribution in [0, 0.1) is 0 Å². The van der Waals surface area contributed by atoms with Gasteiger partial charge in [0.25, 0.3) is 0 Å². The second kappa shape index (κ2) is 7.69. The van der Waals surface area contributed by atoms with Crippen molar-refractivity contribution in [1.82, 2.24) is 0 Å². The molecule has 0 atom stereocenters. The normalized spacial score (nSPS) is 11.5. The molecule has 0 rings (SSSR count). The minimum Gasteiger partial charge on any atom is -0.464 e. The Morgan fingerprint density at radius 3 is 1.93 bits per heavy atom. The van der Waals surface area contributed by atoms with E-state index in [4.69, 9.17) is 9.47 Å². The Kier molecular flexibility index (Phi) is 7.39. The van der Waals surface area contributed by atoms with Crippen molar-refractivity contribution in [3.8, 4) is 0 Å². The lowest BCUT2D eigenvalue weighted by Crippen LogP contribution is -2.42. The molecule has 3 heteroatoms. The first-order valence-corrected chi connectivity index (χ1v) is 5.98. The van der Waals surface area contributed by atoms with Crippen molar-refractivity contribution in [2.75, 3.05) is 13.2 Å². The van der Waals surface area contributed by atoms with Crippen LogP contribution in [0.5, 0.6) is 0 Å². The molecule has 0 fully saturated rings. The number of hydrogen-bond donors (Lipinski definition) is 0. The second-order valence-electron chi connectivity index (χ2n) is 3.69. The van der Waals surface area contributed by atoms with Crippen LogP contribution in [0.15, 0.2) is 0 Å². The van der Waals surface area contributed by atoms with E-state index in [1.165, 1.54) is 0 Å². The van der Waals surface area contributed by atoms with E-state index in [0.29, 0.717) is 26.1 Å². The highest BCUT2D eigenvalue weighted by Gasteiger charge is 2.37. The summed E-state index contributed by atoms with van der Waals surface area (Å²) >= 11 is 0. The highest BCUT2D eigenvalue weighted by atomic mass is 16.6. The summed E-state index contributed by atoms with van der Waals surface area (Å²) in [6, 6.07) is 0. The Morgan fingerprint density at radius 1 is 1.00 bits per heavy atom. The lowest BCUT2D eigenvalue weighted by atomic mass is 9.97. The van der Waals surface area contributed by atoms with Crippen LogP contribution in [0.3, 0.4) is 0 Å². The Bertz CT molecular complexity index is 174. The summed E-state index contributed by atoms with van der Waals surface area (Å²) in [6.07, 6.45) is 3.12. The van der Waals surface area contributed by atoms with E-state index in [1.807, 2.05) is 27.7 Å². The third kappa shape index (κ3) is 4.20. The fourth-order valence-electron chi connectivity index (χ4n) is 1.43. The van der Waals surface area contributed by atoms with Crippen LogP contribution in [0.25, 0.3) is 0 Å². The first-order valence-electron chi connectivity index (χ1n) is 5.98. The summed E-state index contributed by atoms with van der Waals surface area (Å²) in [5.41, 5.74) is -0.717. The fourth-order valence-corrected chi connectivity index (χ4v) is 1.43. The van der Waals surface area contributed by atoms with Crippen LogP contribution >= 0.6 is 0 Å². The molecule has 0 heterocycles. The Hall–Kier alpha value is -0.570. The smallest absolute Gasteiger partial charge is 0.338 e. The number of hydrogen-bond acceptors (Lipinski definition) is 3. The van der Waals surface area contributed by atoms with Crippen molar-refractivity contribution in [1.29, 1.82) is 0 Å². The molecule has 0 aromatic heterocycles. The first kappa shape index (κ1) is 14.4. The number of rotatable bonds is 8. The number of carbonyl (C=O) groups excluding carboxylic acids is 1. The molecule has 0 radical (unpaired) electrons. The second-order valence-corrected chi connectivity index (χ2v) is 3.69. The van der Waals surface area contributed by atoms with Crippen LogP contribution in [-0.2, 0) is 14.3 Å².